The number of hydrogen-bond acceptors (Lipinski definition) is 4. The first-order chi connectivity index (χ1) is 28.7. The second kappa shape index (κ2) is 12.8. The van der Waals surface area contributed by atoms with Gasteiger partial charge in [0.25, 0.3) is 0 Å². The summed E-state index contributed by atoms with van der Waals surface area (Å²) < 4.78 is 9.10. The number of benzene rings is 9. The molecule has 0 saturated heterocycles. The molecule has 0 aliphatic carbocycles. The average Bonchev–Trinajstić information content (AvgIpc) is 3.84. The lowest BCUT2D eigenvalue weighted by Gasteiger charge is -2.11. The highest BCUT2D eigenvalue weighted by molar-refractivity contribution is 6.15. The van der Waals surface area contributed by atoms with Crippen molar-refractivity contribution in [2.45, 2.75) is 0 Å². The van der Waals surface area contributed by atoms with Gasteiger partial charge in [0, 0.05) is 32.8 Å². The first-order valence-electron chi connectivity index (χ1n) is 19.5. The Morgan fingerprint density at radius 2 is 0.879 bits per heavy atom. The van der Waals surface area contributed by atoms with E-state index in [4.69, 9.17) is 19.4 Å². The van der Waals surface area contributed by atoms with Gasteiger partial charge in [-0.3, -0.25) is 0 Å². The van der Waals surface area contributed by atoms with Crippen LogP contribution >= 0.6 is 0 Å². The third-order valence-corrected chi connectivity index (χ3v) is 11.4. The summed E-state index contributed by atoms with van der Waals surface area (Å²) in [4.78, 5) is 15.3. The van der Waals surface area contributed by atoms with Crippen LogP contribution in [-0.4, -0.2) is 19.5 Å². The number of aromatic nitrogens is 4. The number of rotatable bonds is 5. The standard InChI is InChI=1S/C53H32N4O/c1-2-11-33(12-3-1)38-25-27-43-42-17-8-9-18-45(42)57(47(43)31-38)46-19-10-20-48-50(46)44-28-26-41(32-49(44)58-48)53-55-51(39-23-21-34-13-4-6-15-36(34)29-39)54-52(56-53)40-24-22-35-14-5-7-16-37(35)30-40/h1-32H. The van der Waals surface area contributed by atoms with Crippen molar-refractivity contribution >= 4 is 65.3 Å². The number of hydrogen-bond donors (Lipinski definition) is 0. The summed E-state index contributed by atoms with van der Waals surface area (Å²) >= 11 is 0. The molecule has 12 aromatic rings. The monoisotopic (exact) mass is 740 g/mol. The fraction of sp³-hybridized carbons (Fsp3) is 0. The van der Waals surface area contributed by atoms with E-state index in [-0.39, 0.29) is 0 Å². The minimum atomic E-state index is 0.583. The molecule has 0 bridgehead atoms. The van der Waals surface area contributed by atoms with Gasteiger partial charge in [-0.2, -0.15) is 0 Å². The van der Waals surface area contributed by atoms with Crippen molar-refractivity contribution < 1.29 is 4.42 Å². The lowest BCUT2D eigenvalue weighted by molar-refractivity contribution is 0.669. The molecule has 0 fully saturated rings. The lowest BCUT2D eigenvalue weighted by Crippen LogP contribution is -2.00. The van der Waals surface area contributed by atoms with Crippen LogP contribution in [-0.2, 0) is 0 Å². The van der Waals surface area contributed by atoms with Crippen molar-refractivity contribution in [1.82, 2.24) is 19.5 Å². The van der Waals surface area contributed by atoms with Gasteiger partial charge >= 0.3 is 0 Å². The normalized spacial score (nSPS) is 11.8. The highest BCUT2D eigenvalue weighted by Gasteiger charge is 2.20. The second-order valence-corrected chi connectivity index (χ2v) is 14.8. The van der Waals surface area contributed by atoms with Gasteiger partial charge in [0.1, 0.15) is 11.2 Å². The molecular formula is C53H32N4O. The Morgan fingerprint density at radius 1 is 0.328 bits per heavy atom. The molecule has 9 aromatic carbocycles. The summed E-state index contributed by atoms with van der Waals surface area (Å²) in [6, 6.07) is 68.1. The van der Waals surface area contributed by atoms with Crippen LogP contribution < -0.4 is 0 Å². The van der Waals surface area contributed by atoms with E-state index in [1.807, 2.05) is 0 Å². The Kier molecular flexibility index (Phi) is 7.16. The maximum atomic E-state index is 6.71. The van der Waals surface area contributed by atoms with E-state index in [0.717, 1.165) is 66.1 Å². The molecular weight excluding hydrogens is 709 g/mol. The predicted molar refractivity (Wildman–Crippen MR) is 238 cm³/mol. The van der Waals surface area contributed by atoms with Crippen LogP contribution in [0.5, 0.6) is 0 Å². The summed E-state index contributed by atoms with van der Waals surface area (Å²) in [5.41, 5.74) is 10.0. The topological polar surface area (TPSA) is 56.7 Å². The van der Waals surface area contributed by atoms with Gasteiger partial charge in [-0.1, -0.05) is 146 Å². The lowest BCUT2D eigenvalue weighted by atomic mass is 10.0. The Morgan fingerprint density at radius 3 is 1.59 bits per heavy atom. The molecule has 0 aliphatic rings. The number of para-hydroxylation sites is 1. The van der Waals surface area contributed by atoms with Crippen LogP contribution in [0.25, 0.3) is 116 Å². The first-order valence-corrected chi connectivity index (χ1v) is 19.5. The SMILES string of the molecule is c1ccc(-c2ccc3c4ccccc4n(-c4cccc5oc6cc(-c7nc(-c8ccc9ccccc9c8)nc(-c8ccc9ccccc9c8)n7)ccc6c45)c3c2)cc1. The van der Waals surface area contributed by atoms with Crippen LogP contribution in [0, 0.1) is 0 Å². The molecule has 270 valence electrons. The molecule has 0 aliphatic heterocycles. The van der Waals surface area contributed by atoms with Crippen molar-refractivity contribution in [2.24, 2.45) is 0 Å². The van der Waals surface area contributed by atoms with Gasteiger partial charge in [-0.25, -0.2) is 15.0 Å². The predicted octanol–water partition coefficient (Wildman–Crippen LogP) is 13.8. The van der Waals surface area contributed by atoms with Gasteiger partial charge in [0.15, 0.2) is 17.5 Å². The zero-order chi connectivity index (χ0) is 38.2. The second-order valence-electron chi connectivity index (χ2n) is 14.8. The molecule has 0 saturated carbocycles. The molecule has 0 amide bonds. The molecule has 3 aromatic heterocycles. The van der Waals surface area contributed by atoms with Crippen LogP contribution in [0.3, 0.4) is 0 Å². The third kappa shape index (κ3) is 5.21. The van der Waals surface area contributed by atoms with Crippen LogP contribution in [0.4, 0.5) is 0 Å². The molecule has 58 heavy (non-hydrogen) atoms. The highest BCUT2D eigenvalue weighted by atomic mass is 16.3. The minimum absolute atomic E-state index is 0.583. The van der Waals surface area contributed by atoms with Gasteiger partial charge in [-0.15, -0.1) is 0 Å². The molecule has 0 N–H and O–H groups in total. The quantitative estimate of drug-likeness (QED) is 0.176. The third-order valence-electron chi connectivity index (χ3n) is 11.4. The molecule has 0 atom stereocenters. The molecule has 0 radical (unpaired) electrons. The molecule has 3 heterocycles. The van der Waals surface area contributed by atoms with E-state index in [0.29, 0.717) is 17.5 Å². The molecule has 0 spiro atoms. The highest BCUT2D eigenvalue weighted by Crippen LogP contribution is 2.41. The summed E-state index contributed by atoms with van der Waals surface area (Å²) in [5.74, 6) is 1.82. The summed E-state index contributed by atoms with van der Waals surface area (Å²) in [6.45, 7) is 0. The fourth-order valence-corrected chi connectivity index (χ4v) is 8.59. The van der Waals surface area contributed by atoms with Gasteiger partial charge in [0.2, 0.25) is 0 Å². The van der Waals surface area contributed by atoms with Crippen LogP contribution in [0.2, 0.25) is 0 Å². The number of fused-ring (bicyclic) bond motifs is 8. The largest absolute Gasteiger partial charge is 0.456 e. The van der Waals surface area contributed by atoms with Crippen molar-refractivity contribution in [1.29, 1.82) is 0 Å². The Hall–Kier alpha value is -7.89. The maximum absolute atomic E-state index is 6.71. The molecule has 0 unspecified atom stereocenters. The average molecular weight is 741 g/mol. The van der Waals surface area contributed by atoms with Gasteiger partial charge in [-0.05, 0) is 81.2 Å². The molecule has 12 rings (SSSR count). The van der Waals surface area contributed by atoms with Crippen LogP contribution in [0.15, 0.2) is 199 Å². The Balaban J connectivity index is 1.04. The Bertz CT molecular complexity index is 3480. The van der Waals surface area contributed by atoms with Crippen molar-refractivity contribution in [3.8, 4) is 51.0 Å². The van der Waals surface area contributed by atoms with E-state index in [9.17, 15) is 0 Å². The fourth-order valence-electron chi connectivity index (χ4n) is 8.59. The van der Waals surface area contributed by atoms with E-state index in [1.165, 1.54) is 32.7 Å². The summed E-state index contributed by atoms with van der Waals surface area (Å²) in [7, 11) is 0. The molecule has 5 heteroatoms. The van der Waals surface area contributed by atoms with Gasteiger partial charge in [0.05, 0.1) is 22.1 Å². The zero-order valence-electron chi connectivity index (χ0n) is 31.2. The first kappa shape index (κ1) is 32.4. The number of furan rings is 1. The zero-order valence-corrected chi connectivity index (χ0v) is 31.2. The van der Waals surface area contributed by atoms with E-state index in [2.05, 4.69) is 199 Å². The minimum Gasteiger partial charge on any atom is -0.456 e. The summed E-state index contributed by atoms with van der Waals surface area (Å²) in [5, 5.41) is 9.11. The van der Waals surface area contributed by atoms with Crippen molar-refractivity contribution in [2.75, 3.05) is 0 Å². The van der Waals surface area contributed by atoms with Gasteiger partial charge < -0.3 is 8.98 Å². The van der Waals surface area contributed by atoms with Crippen molar-refractivity contribution in [3.63, 3.8) is 0 Å². The Labute approximate surface area is 333 Å². The van der Waals surface area contributed by atoms with Crippen molar-refractivity contribution in [3.05, 3.63) is 194 Å². The molecule has 5 nitrogen and oxygen atoms in total. The van der Waals surface area contributed by atoms with Crippen LogP contribution in [0.1, 0.15) is 0 Å². The summed E-state index contributed by atoms with van der Waals surface area (Å²) in [6.07, 6.45) is 0. The number of nitrogens with zero attached hydrogens (tertiary/aromatic N) is 4. The maximum Gasteiger partial charge on any atom is 0.164 e. The van der Waals surface area contributed by atoms with E-state index < -0.39 is 0 Å². The van der Waals surface area contributed by atoms with E-state index >= 15 is 0 Å². The van der Waals surface area contributed by atoms with E-state index in [1.54, 1.807) is 0 Å². The smallest absolute Gasteiger partial charge is 0.164 e.